The number of unbranched alkanes of at least 4 members (excludes halogenated alkanes) is 17. The predicted molar refractivity (Wildman–Crippen MR) is 170 cm³/mol. The molecule has 0 unspecified atom stereocenters. The summed E-state index contributed by atoms with van der Waals surface area (Å²) < 4.78 is 0.818. The lowest BCUT2D eigenvalue weighted by molar-refractivity contribution is -0.929. The molecule has 0 radical (unpaired) electrons. The highest BCUT2D eigenvalue weighted by Crippen LogP contribution is 2.19. The fourth-order valence-corrected chi connectivity index (χ4v) is 5.89. The van der Waals surface area contributed by atoms with Crippen LogP contribution in [0.3, 0.4) is 0 Å². The first-order chi connectivity index (χ1) is 20.3. The van der Waals surface area contributed by atoms with Crippen LogP contribution in [0.5, 0.6) is 0 Å². The average Bonchev–Trinajstić information content (AvgIpc) is 2.94. The fourth-order valence-electron chi connectivity index (χ4n) is 5.89. The van der Waals surface area contributed by atoms with Crippen molar-refractivity contribution in [2.24, 2.45) is 0 Å². The van der Waals surface area contributed by atoms with Crippen molar-refractivity contribution in [2.75, 3.05) is 26.2 Å². The van der Waals surface area contributed by atoms with Gasteiger partial charge in [0.25, 0.3) is 0 Å². The first kappa shape index (κ1) is 40.1. The van der Waals surface area contributed by atoms with Gasteiger partial charge in [-0.15, -0.1) is 0 Å². The van der Waals surface area contributed by atoms with E-state index in [9.17, 15) is 19.5 Å². The number of hydrogen-bond donors (Lipinski definition) is 2. The average molecular weight is 596 g/mol. The topological polar surface area (TPSA) is 115 Å². The van der Waals surface area contributed by atoms with Gasteiger partial charge in [0.1, 0.15) is 0 Å². The zero-order valence-electron chi connectivity index (χ0n) is 27.1. The molecular weight excluding hydrogens is 530 g/mol. The Kier molecular flexibility index (Phi) is 27.9. The van der Waals surface area contributed by atoms with Crippen molar-refractivity contribution >= 4 is 17.9 Å². The summed E-state index contributed by atoms with van der Waals surface area (Å²) in [6.45, 7) is 5.78. The molecule has 246 valence electrons. The normalized spacial score (nSPS) is 11.8. The second kappa shape index (κ2) is 29.2. The Morgan fingerprint density at radius 2 is 0.857 bits per heavy atom. The number of carboxylic acid groups (broad SMARTS) is 3. The van der Waals surface area contributed by atoms with Crippen molar-refractivity contribution in [2.45, 2.75) is 167 Å². The fraction of sp³-hybridized carbons (Fsp3) is 0.857. The van der Waals surface area contributed by atoms with E-state index in [0.29, 0.717) is 19.3 Å². The monoisotopic (exact) mass is 595 g/mol. The van der Waals surface area contributed by atoms with E-state index in [2.05, 4.69) is 19.1 Å². The second-order valence-electron chi connectivity index (χ2n) is 12.4. The summed E-state index contributed by atoms with van der Waals surface area (Å²) in [6, 6.07) is 0. The van der Waals surface area contributed by atoms with Crippen LogP contribution in [0.15, 0.2) is 12.2 Å². The minimum absolute atomic E-state index is 0.0555. The lowest BCUT2D eigenvalue weighted by Crippen LogP contribution is -2.51. The molecule has 0 spiro atoms. The van der Waals surface area contributed by atoms with Crippen LogP contribution in [-0.4, -0.2) is 58.8 Å². The molecule has 7 nitrogen and oxygen atoms in total. The predicted octanol–water partition coefficient (Wildman–Crippen LogP) is 8.05. The van der Waals surface area contributed by atoms with Gasteiger partial charge in [0.15, 0.2) is 0 Å². The maximum absolute atomic E-state index is 11.0. The third kappa shape index (κ3) is 28.2. The molecule has 0 aliphatic heterocycles. The second-order valence-corrected chi connectivity index (χ2v) is 12.4. The minimum Gasteiger partial charge on any atom is -0.550 e. The zero-order chi connectivity index (χ0) is 31.2. The standard InChI is InChI=1S/C35H65NO6/c1-2-3-4-5-6-7-8-9-10-11-12-13-14-15-16-17-18-22-29-36(30-23-19-26-33(37)38,31-24-20-27-34(39)40)32-25-21-28-35(41)42/h16-17H,2-15,18-32H2,1H3,(H2-,37,38,39,40,41,42)/b17-16+. The summed E-state index contributed by atoms with van der Waals surface area (Å²) in [5.74, 6) is -2.58. The molecule has 7 heteroatoms. The largest absolute Gasteiger partial charge is 0.550 e. The van der Waals surface area contributed by atoms with Crippen molar-refractivity contribution in [1.82, 2.24) is 0 Å². The van der Waals surface area contributed by atoms with Crippen molar-refractivity contribution in [3.63, 3.8) is 0 Å². The maximum Gasteiger partial charge on any atom is 0.303 e. The van der Waals surface area contributed by atoms with Crippen molar-refractivity contribution in [3.05, 3.63) is 12.2 Å². The van der Waals surface area contributed by atoms with Crippen molar-refractivity contribution in [1.29, 1.82) is 0 Å². The molecule has 0 aromatic heterocycles. The quantitative estimate of drug-likeness (QED) is 0.0451. The number of nitrogens with zero attached hydrogens (tertiary/aromatic N) is 1. The highest BCUT2D eigenvalue weighted by atomic mass is 16.4. The summed E-state index contributed by atoms with van der Waals surface area (Å²) in [5, 5.41) is 29.0. The Bertz CT molecular complexity index is 638. The highest BCUT2D eigenvalue weighted by Gasteiger charge is 2.26. The summed E-state index contributed by atoms with van der Waals surface area (Å²) in [7, 11) is 0. The third-order valence-electron chi connectivity index (χ3n) is 8.45. The zero-order valence-corrected chi connectivity index (χ0v) is 27.1. The number of rotatable bonds is 33. The van der Waals surface area contributed by atoms with E-state index >= 15 is 0 Å². The lowest BCUT2D eigenvalue weighted by Gasteiger charge is -2.39. The molecule has 42 heavy (non-hydrogen) atoms. The van der Waals surface area contributed by atoms with Gasteiger partial charge in [-0.2, -0.15) is 0 Å². The van der Waals surface area contributed by atoms with Gasteiger partial charge in [0.2, 0.25) is 0 Å². The van der Waals surface area contributed by atoms with Gasteiger partial charge in [-0.1, -0.05) is 96.1 Å². The van der Waals surface area contributed by atoms with Gasteiger partial charge in [0, 0.05) is 25.2 Å². The molecule has 0 aliphatic rings. The summed E-state index contributed by atoms with van der Waals surface area (Å²) in [5.41, 5.74) is 0. The van der Waals surface area contributed by atoms with Crippen LogP contribution in [0.1, 0.15) is 167 Å². The minimum atomic E-state index is -1.02. The van der Waals surface area contributed by atoms with E-state index in [1.54, 1.807) is 0 Å². The molecular formula is C35H65NO6. The Morgan fingerprint density at radius 3 is 1.26 bits per heavy atom. The molecule has 0 amide bonds. The van der Waals surface area contributed by atoms with Crippen LogP contribution in [0.4, 0.5) is 0 Å². The van der Waals surface area contributed by atoms with E-state index in [4.69, 9.17) is 10.2 Å². The summed E-state index contributed by atoms with van der Waals surface area (Å²) in [6.07, 6.45) is 30.1. The number of carboxylic acids is 3. The van der Waals surface area contributed by atoms with Crippen molar-refractivity contribution < 1.29 is 34.2 Å². The van der Waals surface area contributed by atoms with Crippen LogP contribution in [0.25, 0.3) is 0 Å². The first-order valence-electron chi connectivity index (χ1n) is 17.4. The van der Waals surface area contributed by atoms with Gasteiger partial charge >= 0.3 is 11.9 Å². The number of carbonyl (C=O) groups is 3. The Balaban J connectivity index is 4.40. The van der Waals surface area contributed by atoms with Crippen LogP contribution < -0.4 is 5.11 Å². The molecule has 0 atom stereocenters. The number of allylic oxidation sites excluding steroid dienone is 2. The lowest BCUT2D eigenvalue weighted by atomic mass is 10.0. The molecule has 0 aliphatic carbocycles. The molecule has 0 heterocycles. The van der Waals surface area contributed by atoms with Gasteiger partial charge in [-0.3, -0.25) is 9.59 Å². The van der Waals surface area contributed by atoms with E-state index in [0.717, 1.165) is 69.2 Å². The summed E-state index contributed by atoms with van der Waals surface area (Å²) in [4.78, 5) is 32.9. The van der Waals surface area contributed by atoms with E-state index in [-0.39, 0.29) is 19.3 Å². The van der Waals surface area contributed by atoms with Crippen LogP contribution in [0.2, 0.25) is 0 Å². The van der Waals surface area contributed by atoms with Gasteiger partial charge in [-0.25, -0.2) is 0 Å². The Labute approximate surface area is 257 Å². The van der Waals surface area contributed by atoms with Crippen LogP contribution in [0, 0.1) is 0 Å². The number of aliphatic carboxylic acids is 3. The number of carbonyl (C=O) groups excluding carboxylic acids is 1. The van der Waals surface area contributed by atoms with Crippen LogP contribution >= 0.6 is 0 Å². The first-order valence-corrected chi connectivity index (χ1v) is 17.4. The molecule has 0 fully saturated rings. The third-order valence-corrected chi connectivity index (χ3v) is 8.45. The highest BCUT2D eigenvalue weighted by molar-refractivity contribution is 5.66. The van der Waals surface area contributed by atoms with Crippen molar-refractivity contribution in [3.8, 4) is 0 Å². The molecule has 0 saturated carbocycles. The van der Waals surface area contributed by atoms with Gasteiger partial charge in [-0.05, 0) is 64.2 Å². The van der Waals surface area contributed by atoms with E-state index in [1.807, 2.05) is 0 Å². The van der Waals surface area contributed by atoms with Gasteiger partial charge < -0.3 is 24.6 Å². The molecule has 0 rings (SSSR count). The summed E-state index contributed by atoms with van der Waals surface area (Å²) >= 11 is 0. The number of quaternary nitrogens is 1. The smallest absolute Gasteiger partial charge is 0.303 e. The SMILES string of the molecule is CCCCCCCCCCCCCCC/C=C/CCC[N+](CCCCC(=O)[O-])(CCCCC(=O)O)CCCCC(=O)O. The Morgan fingerprint density at radius 1 is 0.500 bits per heavy atom. The molecule has 0 aromatic carbocycles. The molecule has 2 N–H and O–H groups in total. The number of hydrogen-bond acceptors (Lipinski definition) is 4. The molecule has 0 aromatic rings. The maximum atomic E-state index is 11.0. The van der Waals surface area contributed by atoms with E-state index < -0.39 is 17.9 Å². The van der Waals surface area contributed by atoms with Gasteiger partial charge in [0.05, 0.1) is 26.2 Å². The molecule has 0 bridgehead atoms. The van der Waals surface area contributed by atoms with E-state index in [1.165, 1.54) is 83.5 Å². The Hall–Kier alpha value is -1.89. The van der Waals surface area contributed by atoms with Crippen LogP contribution in [-0.2, 0) is 14.4 Å². The molecule has 0 saturated heterocycles.